The van der Waals surface area contributed by atoms with E-state index in [0.29, 0.717) is 19.5 Å². The molecule has 1 aromatic heterocycles. The quantitative estimate of drug-likeness (QED) is 0.904. The van der Waals surface area contributed by atoms with Crippen LogP contribution in [0, 0.1) is 0 Å². The van der Waals surface area contributed by atoms with Gasteiger partial charge in [-0.25, -0.2) is 0 Å². The topological polar surface area (TPSA) is 73.4 Å². The van der Waals surface area contributed by atoms with E-state index in [1.165, 1.54) is 0 Å². The number of nitrogens with zero attached hydrogens (tertiary/aromatic N) is 3. The van der Waals surface area contributed by atoms with Gasteiger partial charge in [-0.3, -0.25) is 9.48 Å². The molecule has 1 heterocycles. The maximum absolute atomic E-state index is 13.2. The molecule has 1 aromatic carbocycles. The Labute approximate surface area is 142 Å². The molecule has 0 saturated carbocycles. The zero-order chi connectivity index (χ0) is 17.3. The van der Waals surface area contributed by atoms with Crippen molar-refractivity contribution in [2.24, 2.45) is 12.8 Å². The van der Waals surface area contributed by atoms with Gasteiger partial charge in [0.05, 0.1) is 13.3 Å². The monoisotopic (exact) mass is 328 g/mol. The molecular formula is C18H24N4O2. The molecule has 1 amide bonds. The smallest absolute Gasteiger partial charge is 0.247 e. The molecule has 0 radical (unpaired) electrons. The molecule has 0 aliphatic heterocycles. The number of likely N-dealkylation sites (N-methyl/N-ethyl adjacent to an activating group) is 1. The van der Waals surface area contributed by atoms with E-state index in [9.17, 15) is 4.79 Å². The Morgan fingerprint density at radius 2 is 2.29 bits per heavy atom. The highest BCUT2D eigenvalue weighted by Crippen LogP contribution is 2.40. The Kier molecular flexibility index (Phi) is 4.32. The van der Waals surface area contributed by atoms with Crippen LogP contribution in [0.2, 0.25) is 0 Å². The number of carbonyl (C=O) groups excluding carboxylic acids is 1. The van der Waals surface area contributed by atoms with Crippen molar-refractivity contribution in [1.29, 1.82) is 0 Å². The van der Waals surface area contributed by atoms with Gasteiger partial charge in [-0.1, -0.05) is 12.1 Å². The summed E-state index contributed by atoms with van der Waals surface area (Å²) in [7, 11) is 3.51. The molecule has 0 spiro atoms. The second-order valence-corrected chi connectivity index (χ2v) is 6.30. The molecular weight excluding hydrogens is 304 g/mol. The lowest BCUT2D eigenvalue weighted by atomic mass is 9.91. The molecule has 1 aliphatic rings. The summed E-state index contributed by atoms with van der Waals surface area (Å²) in [6.07, 6.45) is 5.06. The Bertz CT molecular complexity index is 755. The number of fused-ring (bicyclic) bond motifs is 1. The number of hydrogen-bond donors (Lipinski definition) is 1. The van der Waals surface area contributed by atoms with E-state index in [1.54, 1.807) is 22.9 Å². The van der Waals surface area contributed by atoms with Crippen molar-refractivity contribution in [1.82, 2.24) is 14.7 Å². The van der Waals surface area contributed by atoms with E-state index in [-0.39, 0.29) is 5.91 Å². The van der Waals surface area contributed by atoms with Crippen LogP contribution in [0.25, 0.3) is 0 Å². The zero-order valence-corrected chi connectivity index (χ0v) is 14.5. The molecule has 2 aromatic rings. The molecule has 0 fully saturated rings. The van der Waals surface area contributed by atoms with Gasteiger partial charge in [-0.15, -0.1) is 0 Å². The van der Waals surface area contributed by atoms with Crippen LogP contribution in [0.15, 0.2) is 30.6 Å². The van der Waals surface area contributed by atoms with Gasteiger partial charge in [0.2, 0.25) is 5.91 Å². The van der Waals surface area contributed by atoms with Crippen LogP contribution in [0.1, 0.15) is 30.0 Å². The predicted molar refractivity (Wildman–Crippen MR) is 91.5 cm³/mol. The van der Waals surface area contributed by atoms with Crippen LogP contribution >= 0.6 is 0 Å². The second-order valence-electron chi connectivity index (χ2n) is 6.30. The third-order valence-corrected chi connectivity index (χ3v) is 4.79. The molecule has 0 bridgehead atoms. The largest absolute Gasteiger partial charge is 0.496 e. The SMILES string of the molecule is CCN(Cc1cnn(C)c1)C(=O)C1(N)CCc2c(OC)cccc21. The first-order valence-electron chi connectivity index (χ1n) is 8.21. The number of benzene rings is 1. The minimum Gasteiger partial charge on any atom is -0.496 e. The molecule has 2 N–H and O–H groups in total. The summed E-state index contributed by atoms with van der Waals surface area (Å²) >= 11 is 0. The van der Waals surface area contributed by atoms with Gasteiger partial charge in [-0.05, 0) is 37.0 Å². The van der Waals surface area contributed by atoms with Gasteiger partial charge in [0.15, 0.2) is 0 Å². The number of aromatic nitrogens is 2. The molecule has 6 nitrogen and oxygen atoms in total. The van der Waals surface area contributed by atoms with Crippen LogP contribution < -0.4 is 10.5 Å². The number of rotatable bonds is 5. The van der Waals surface area contributed by atoms with Crippen LogP contribution in [0.3, 0.4) is 0 Å². The van der Waals surface area contributed by atoms with Gasteiger partial charge in [-0.2, -0.15) is 5.10 Å². The number of aryl methyl sites for hydroxylation is 1. The molecule has 1 unspecified atom stereocenters. The minimum atomic E-state index is -0.984. The number of hydrogen-bond acceptors (Lipinski definition) is 4. The van der Waals surface area contributed by atoms with Crippen molar-refractivity contribution in [3.8, 4) is 5.75 Å². The number of nitrogens with two attached hydrogens (primary N) is 1. The summed E-state index contributed by atoms with van der Waals surface area (Å²) in [5.74, 6) is 0.767. The third-order valence-electron chi connectivity index (χ3n) is 4.79. The first-order valence-corrected chi connectivity index (χ1v) is 8.21. The van der Waals surface area contributed by atoms with Gasteiger partial charge >= 0.3 is 0 Å². The van der Waals surface area contributed by atoms with E-state index >= 15 is 0 Å². The van der Waals surface area contributed by atoms with Crippen molar-refractivity contribution in [2.45, 2.75) is 31.8 Å². The summed E-state index contributed by atoms with van der Waals surface area (Å²) < 4.78 is 7.16. The Morgan fingerprint density at radius 3 is 2.92 bits per heavy atom. The fraction of sp³-hybridized carbons (Fsp3) is 0.444. The fourth-order valence-corrected chi connectivity index (χ4v) is 3.49. The van der Waals surface area contributed by atoms with Crippen molar-refractivity contribution in [2.75, 3.05) is 13.7 Å². The van der Waals surface area contributed by atoms with E-state index < -0.39 is 5.54 Å². The van der Waals surface area contributed by atoms with Crippen molar-refractivity contribution < 1.29 is 9.53 Å². The highest BCUT2D eigenvalue weighted by molar-refractivity contribution is 5.89. The lowest BCUT2D eigenvalue weighted by Crippen LogP contribution is -2.51. The summed E-state index contributed by atoms with van der Waals surface area (Å²) in [6.45, 7) is 3.09. The van der Waals surface area contributed by atoms with E-state index in [0.717, 1.165) is 28.9 Å². The van der Waals surface area contributed by atoms with E-state index in [1.807, 2.05) is 38.4 Å². The Morgan fingerprint density at radius 1 is 1.50 bits per heavy atom. The van der Waals surface area contributed by atoms with Gasteiger partial charge in [0.1, 0.15) is 11.3 Å². The number of carbonyl (C=O) groups is 1. The lowest BCUT2D eigenvalue weighted by molar-refractivity contribution is -0.137. The standard InChI is InChI=1S/C18H24N4O2/c1-4-22(12-13-10-20-21(2)11-13)17(23)18(19)9-8-14-15(18)6-5-7-16(14)24-3/h5-7,10-11H,4,8-9,12,19H2,1-3H3. The van der Waals surface area contributed by atoms with Crippen LogP contribution in [0.4, 0.5) is 0 Å². The molecule has 6 heteroatoms. The Balaban J connectivity index is 1.89. The first-order chi connectivity index (χ1) is 11.5. The average molecular weight is 328 g/mol. The van der Waals surface area contributed by atoms with Crippen LogP contribution in [0.5, 0.6) is 5.75 Å². The lowest BCUT2D eigenvalue weighted by Gasteiger charge is -2.31. The first kappa shape index (κ1) is 16.5. The number of amides is 1. The van der Waals surface area contributed by atoms with Crippen molar-refractivity contribution >= 4 is 5.91 Å². The second kappa shape index (κ2) is 6.28. The van der Waals surface area contributed by atoms with Gasteiger partial charge in [0, 0.05) is 31.9 Å². The maximum atomic E-state index is 13.2. The van der Waals surface area contributed by atoms with Gasteiger partial charge < -0.3 is 15.4 Å². The third kappa shape index (κ3) is 2.67. The predicted octanol–water partition coefficient (Wildman–Crippen LogP) is 1.58. The van der Waals surface area contributed by atoms with E-state index in [4.69, 9.17) is 10.5 Å². The van der Waals surface area contributed by atoms with Crippen LogP contribution in [-0.2, 0) is 30.3 Å². The average Bonchev–Trinajstić information content (AvgIpc) is 3.16. The highest BCUT2D eigenvalue weighted by Gasteiger charge is 2.44. The van der Waals surface area contributed by atoms with E-state index in [2.05, 4.69) is 5.10 Å². The normalized spacial score (nSPS) is 19.2. The molecule has 1 aliphatic carbocycles. The number of methoxy groups -OCH3 is 1. The zero-order valence-electron chi connectivity index (χ0n) is 14.5. The molecule has 0 saturated heterocycles. The minimum absolute atomic E-state index is 0.0409. The number of ether oxygens (including phenoxy) is 1. The molecule has 3 rings (SSSR count). The summed E-state index contributed by atoms with van der Waals surface area (Å²) in [5, 5.41) is 4.17. The summed E-state index contributed by atoms with van der Waals surface area (Å²) in [5.41, 5.74) is 8.56. The molecule has 128 valence electrons. The van der Waals surface area contributed by atoms with Crippen LogP contribution in [-0.4, -0.2) is 34.2 Å². The molecule has 1 atom stereocenters. The van der Waals surface area contributed by atoms with Gasteiger partial charge in [0.25, 0.3) is 0 Å². The Hall–Kier alpha value is -2.34. The molecule has 24 heavy (non-hydrogen) atoms. The summed E-state index contributed by atoms with van der Waals surface area (Å²) in [4.78, 5) is 15.0. The highest BCUT2D eigenvalue weighted by atomic mass is 16.5. The maximum Gasteiger partial charge on any atom is 0.247 e. The summed E-state index contributed by atoms with van der Waals surface area (Å²) in [6, 6.07) is 5.76. The van der Waals surface area contributed by atoms with Crippen molar-refractivity contribution in [3.63, 3.8) is 0 Å². The fourth-order valence-electron chi connectivity index (χ4n) is 3.49. The van der Waals surface area contributed by atoms with Crippen molar-refractivity contribution in [3.05, 3.63) is 47.3 Å².